The van der Waals surface area contributed by atoms with Gasteiger partial charge in [0.1, 0.15) is 0 Å². The summed E-state index contributed by atoms with van der Waals surface area (Å²) >= 11 is 5.01. The van der Waals surface area contributed by atoms with Crippen LogP contribution < -0.4 is 4.57 Å². The molecule has 0 aromatic carbocycles. The molecule has 0 amide bonds. The van der Waals surface area contributed by atoms with Gasteiger partial charge in [0.2, 0.25) is 5.82 Å². The predicted molar refractivity (Wildman–Crippen MR) is 47.8 cm³/mol. The van der Waals surface area contributed by atoms with Crippen molar-refractivity contribution in [3.63, 3.8) is 0 Å². The number of hydrogen-bond acceptors (Lipinski definition) is 2. The Kier molecular flexibility index (Phi) is 2.82. The first-order valence-electron chi connectivity index (χ1n) is 3.89. The van der Waals surface area contributed by atoms with Crippen LogP contribution in [0.2, 0.25) is 0 Å². The zero-order chi connectivity index (χ0) is 10.0. The smallest absolute Gasteiger partial charge is 0.323 e. The van der Waals surface area contributed by atoms with Gasteiger partial charge in [-0.15, -0.1) is 5.10 Å². The minimum atomic E-state index is -0.815. The van der Waals surface area contributed by atoms with E-state index in [2.05, 4.69) is 5.10 Å². The van der Waals surface area contributed by atoms with Crippen molar-refractivity contribution in [2.45, 2.75) is 19.9 Å². The molecule has 6 heteroatoms. The molecule has 0 bridgehead atoms. The van der Waals surface area contributed by atoms with Crippen LogP contribution in [-0.4, -0.2) is 20.9 Å². The summed E-state index contributed by atoms with van der Waals surface area (Å²) < 4.78 is 4.09. The quantitative estimate of drug-likeness (QED) is 0.542. The summed E-state index contributed by atoms with van der Waals surface area (Å²) in [6, 6.07) is 0. The Morgan fingerprint density at radius 3 is 2.77 bits per heavy atom. The van der Waals surface area contributed by atoms with Crippen molar-refractivity contribution >= 4 is 18.2 Å². The van der Waals surface area contributed by atoms with Gasteiger partial charge in [-0.2, -0.15) is 4.68 Å². The van der Waals surface area contributed by atoms with E-state index >= 15 is 0 Å². The van der Waals surface area contributed by atoms with Gasteiger partial charge in [-0.3, -0.25) is 4.79 Å². The normalized spacial score (nSPS) is 10.3. The SMILES string of the molecule is Cc1n(C)[nH]c(=S)[n+]1CCC(=O)O. The average Bonchev–Trinajstić information content (AvgIpc) is 2.24. The van der Waals surface area contributed by atoms with Gasteiger partial charge in [-0.1, -0.05) is 0 Å². The van der Waals surface area contributed by atoms with Crippen molar-refractivity contribution in [2.75, 3.05) is 0 Å². The largest absolute Gasteiger partial charge is 0.481 e. The lowest BCUT2D eigenvalue weighted by atomic mass is 10.4. The first-order valence-corrected chi connectivity index (χ1v) is 4.30. The molecule has 0 spiro atoms. The summed E-state index contributed by atoms with van der Waals surface area (Å²) in [5, 5.41) is 11.4. The number of nitrogens with one attached hydrogen (secondary N) is 1. The van der Waals surface area contributed by atoms with E-state index in [-0.39, 0.29) is 6.42 Å². The van der Waals surface area contributed by atoms with E-state index in [1.54, 1.807) is 9.25 Å². The number of carboxylic acid groups (broad SMARTS) is 1. The third-order valence-corrected chi connectivity index (χ3v) is 2.25. The Bertz CT molecular complexity index is 380. The van der Waals surface area contributed by atoms with E-state index in [0.29, 0.717) is 11.3 Å². The summed E-state index contributed by atoms with van der Waals surface area (Å²) in [6.07, 6.45) is 0.0903. The Morgan fingerprint density at radius 1 is 1.77 bits per heavy atom. The van der Waals surface area contributed by atoms with Crippen LogP contribution in [0.3, 0.4) is 0 Å². The van der Waals surface area contributed by atoms with Crippen molar-refractivity contribution in [1.82, 2.24) is 9.78 Å². The highest BCUT2D eigenvalue weighted by Gasteiger charge is 2.12. The van der Waals surface area contributed by atoms with Gasteiger partial charge in [-0.05, 0) is 12.2 Å². The van der Waals surface area contributed by atoms with Crippen LogP contribution >= 0.6 is 12.2 Å². The van der Waals surface area contributed by atoms with Crippen LogP contribution in [-0.2, 0) is 18.4 Å². The molecule has 0 saturated carbocycles. The van der Waals surface area contributed by atoms with Crippen LogP contribution in [0.15, 0.2) is 0 Å². The van der Waals surface area contributed by atoms with Crippen LogP contribution in [0, 0.1) is 11.7 Å². The summed E-state index contributed by atoms with van der Waals surface area (Å²) in [4.78, 5) is 10.3. The topological polar surface area (TPSA) is 61.9 Å². The standard InChI is InChI=1S/C7H11N3O2S/c1-5-9(2)8-7(13)10(5)4-3-6(11)12/h3-4H2,1-2H3,(H-,8,11,12,13)/p+1. The Hall–Kier alpha value is -1.17. The zero-order valence-electron chi connectivity index (χ0n) is 7.57. The Morgan fingerprint density at radius 2 is 2.38 bits per heavy atom. The van der Waals surface area contributed by atoms with Crippen LogP contribution in [0.4, 0.5) is 0 Å². The van der Waals surface area contributed by atoms with E-state index in [4.69, 9.17) is 17.3 Å². The second kappa shape index (κ2) is 3.69. The number of aromatic amines is 1. The number of carbonyl (C=O) groups is 1. The molecule has 13 heavy (non-hydrogen) atoms. The van der Waals surface area contributed by atoms with Crippen molar-refractivity contribution in [1.29, 1.82) is 0 Å². The molecule has 0 aliphatic carbocycles. The van der Waals surface area contributed by atoms with E-state index in [0.717, 1.165) is 5.82 Å². The van der Waals surface area contributed by atoms with Crippen molar-refractivity contribution in [3.05, 3.63) is 10.6 Å². The molecule has 1 rings (SSSR count). The van der Waals surface area contributed by atoms with E-state index in [1.165, 1.54) is 0 Å². The molecular weight excluding hydrogens is 190 g/mol. The van der Waals surface area contributed by atoms with Gasteiger partial charge in [0.25, 0.3) is 0 Å². The molecule has 0 aliphatic rings. The number of H-pyrrole nitrogens is 1. The molecule has 1 aromatic heterocycles. The van der Waals surface area contributed by atoms with E-state index < -0.39 is 5.97 Å². The second-order valence-electron chi connectivity index (χ2n) is 2.82. The lowest BCUT2D eigenvalue weighted by Gasteiger charge is -1.95. The van der Waals surface area contributed by atoms with Crippen LogP contribution in [0.5, 0.6) is 0 Å². The molecule has 0 atom stereocenters. The zero-order valence-corrected chi connectivity index (χ0v) is 8.39. The molecule has 72 valence electrons. The highest BCUT2D eigenvalue weighted by atomic mass is 32.1. The molecular formula is C7H12N3O2S+. The minimum Gasteiger partial charge on any atom is -0.481 e. The lowest BCUT2D eigenvalue weighted by Crippen LogP contribution is -2.37. The summed E-state index contributed by atoms with van der Waals surface area (Å²) in [5.74, 6) is 0.108. The summed E-state index contributed by atoms with van der Waals surface area (Å²) in [5.41, 5.74) is 0. The molecule has 2 N–H and O–H groups in total. The number of hydrogen-bond donors (Lipinski definition) is 2. The molecule has 5 nitrogen and oxygen atoms in total. The van der Waals surface area contributed by atoms with Gasteiger partial charge in [0, 0.05) is 6.92 Å². The predicted octanol–water partition coefficient (Wildman–Crippen LogP) is 0.153. The summed E-state index contributed by atoms with van der Waals surface area (Å²) in [6.45, 7) is 2.30. The van der Waals surface area contributed by atoms with Crippen molar-refractivity contribution < 1.29 is 14.5 Å². The van der Waals surface area contributed by atoms with Crippen molar-refractivity contribution in [2.24, 2.45) is 7.05 Å². The molecule has 0 aliphatic heterocycles. The van der Waals surface area contributed by atoms with Gasteiger partial charge in [0.15, 0.2) is 0 Å². The van der Waals surface area contributed by atoms with E-state index in [1.807, 2.05) is 14.0 Å². The van der Waals surface area contributed by atoms with Gasteiger partial charge in [-0.25, -0.2) is 4.57 Å². The molecule has 0 saturated heterocycles. The number of aliphatic carboxylic acids is 1. The maximum absolute atomic E-state index is 10.3. The molecule has 0 radical (unpaired) electrons. The molecule has 1 heterocycles. The van der Waals surface area contributed by atoms with Gasteiger partial charge < -0.3 is 5.11 Å². The second-order valence-corrected chi connectivity index (χ2v) is 3.21. The average molecular weight is 202 g/mol. The molecule has 0 unspecified atom stereocenters. The third kappa shape index (κ3) is 2.15. The fourth-order valence-corrected chi connectivity index (χ4v) is 1.44. The number of aromatic nitrogens is 3. The minimum absolute atomic E-state index is 0.0903. The van der Waals surface area contributed by atoms with Gasteiger partial charge in [0.05, 0.1) is 20.0 Å². The number of carboxylic acids is 1. The first-order chi connectivity index (χ1) is 6.02. The molecule has 0 fully saturated rings. The van der Waals surface area contributed by atoms with E-state index in [9.17, 15) is 4.79 Å². The number of aryl methyl sites for hydroxylation is 1. The Labute approximate surface area is 80.6 Å². The fourth-order valence-electron chi connectivity index (χ4n) is 1.08. The van der Waals surface area contributed by atoms with Crippen molar-refractivity contribution in [3.8, 4) is 0 Å². The number of nitrogens with zero attached hydrogens (tertiary/aromatic N) is 2. The Balaban J connectivity index is 2.88. The highest BCUT2D eigenvalue weighted by Crippen LogP contribution is 1.89. The fraction of sp³-hybridized carbons (Fsp3) is 0.571. The van der Waals surface area contributed by atoms with Crippen LogP contribution in [0.1, 0.15) is 12.2 Å². The monoisotopic (exact) mass is 202 g/mol. The van der Waals surface area contributed by atoms with Crippen LogP contribution in [0.25, 0.3) is 0 Å². The highest BCUT2D eigenvalue weighted by molar-refractivity contribution is 7.71. The van der Waals surface area contributed by atoms with Gasteiger partial charge >= 0.3 is 10.7 Å². The number of rotatable bonds is 3. The third-order valence-electron chi connectivity index (χ3n) is 1.93. The first kappa shape index (κ1) is 9.91. The molecule has 1 aromatic rings. The maximum Gasteiger partial charge on any atom is 0.323 e. The summed E-state index contributed by atoms with van der Waals surface area (Å²) in [7, 11) is 1.84. The maximum atomic E-state index is 10.3. The lowest BCUT2D eigenvalue weighted by molar-refractivity contribution is -0.708.